The highest BCUT2D eigenvalue weighted by Gasteiger charge is 2.36. The first-order chi connectivity index (χ1) is 13.7. The van der Waals surface area contributed by atoms with Crippen molar-refractivity contribution in [1.29, 1.82) is 0 Å². The van der Waals surface area contributed by atoms with Crippen LogP contribution in [0.15, 0.2) is 12.7 Å². The first-order valence-corrected chi connectivity index (χ1v) is 12.5. The topological polar surface area (TPSA) is 26.3 Å². The van der Waals surface area contributed by atoms with Gasteiger partial charge in [0, 0.05) is 0 Å². The van der Waals surface area contributed by atoms with E-state index in [9.17, 15) is 4.79 Å². The molecule has 0 radical (unpaired) electrons. The summed E-state index contributed by atoms with van der Waals surface area (Å²) in [5.41, 5.74) is 0. The first-order valence-electron chi connectivity index (χ1n) is 12.5. The third kappa shape index (κ3) is 6.36. The van der Waals surface area contributed by atoms with Crippen LogP contribution in [-0.2, 0) is 9.53 Å². The van der Waals surface area contributed by atoms with Gasteiger partial charge in [-0.15, -0.1) is 6.58 Å². The van der Waals surface area contributed by atoms with Gasteiger partial charge in [-0.2, -0.15) is 0 Å². The average molecular weight is 389 g/mol. The monoisotopic (exact) mass is 388 g/mol. The van der Waals surface area contributed by atoms with Crippen molar-refractivity contribution in [3.05, 3.63) is 12.7 Å². The molecule has 1 saturated heterocycles. The summed E-state index contributed by atoms with van der Waals surface area (Å²) in [4.78, 5) is 12.2. The molecule has 2 atom stereocenters. The van der Waals surface area contributed by atoms with Crippen LogP contribution < -0.4 is 0 Å². The number of ether oxygens (including phenoxy) is 1. The van der Waals surface area contributed by atoms with Crippen LogP contribution in [0.3, 0.4) is 0 Å². The van der Waals surface area contributed by atoms with Crippen molar-refractivity contribution < 1.29 is 9.53 Å². The van der Waals surface area contributed by atoms with E-state index >= 15 is 0 Å². The molecule has 0 amide bonds. The van der Waals surface area contributed by atoms with Crippen LogP contribution in [0.2, 0.25) is 0 Å². The van der Waals surface area contributed by atoms with Crippen molar-refractivity contribution >= 4 is 5.97 Å². The lowest BCUT2D eigenvalue weighted by atomic mass is 9.73. The molecule has 2 unspecified atom stereocenters. The van der Waals surface area contributed by atoms with Gasteiger partial charge in [0.05, 0.1) is 5.92 Å². The Kier molecular flexibility index (Phi) is 8.93. The van der Waals surface area contributed by atoms with Gasteiger partial charge < -0.3 is 4.74 Å². The van der Waals surface area contributed by atoms with E-state index in [1.165, 1.54) is 77.0 Å². The molecular weight excluding hydrogens is 344 g/mol. The predicted octanol–water partition coefficient (Wildman–Crippen LogP) is 7.47. The molecule has 1 aliphatic heterocycles. The molecule has 2 heteroatoms. The minimum absolute atomic E-state index is 0.101. The largest absolute Gasteiger partial charge is 0.462 e. The lowest BCUT2D eigenvalue weighted by Gasteiger charge is -2.37. The number of cyclic esters (lactones) is 1. The summed E-state index contributed by atoms with van der Waals surface area (Å²) in [6.45, 7) is 6.03. The summed E-state index contributed by atoms with van der Waals surface area (Å²) in [6.07, 6.45) is 23.2. The summed E-state index contributed by atoms with van der Waals surface area (Å²) >= 11 is 0. The van der Waals surface area contributed by atoms with Gasteiger partial charge in [0.25, 0.3) is 0 Å². The molecule has 3 fully saturated rings. The third-order valence-electron chi connectivity index (χ3n) is 8.18. The fourth-order valence-corrected chi connectivity index (χ4v) is 6.21. The van der Waals surface area contributed by atoms with Crippen LogP contribution in [0.4, 0.5) is 0 Å². The Morgan fingerprint density at radius 3 is 1.93 bits per heavy atom. The van der Waals surface area contributed by atoms with Gasteiger partial charge in [0.1, 0.15) is 6.10 Å². The zero-order valence-corrected chi connectivity index (χ0v) is 18.4. The summed E-state index contributed by atoms with van der Waals surface area (Å²) in [5, 5.41) is 0. The van der Waals surface area contributed by atoms with Crippen molar-refractivity contribution in [3.63, 3.8) is 0 Å². The second kappa shape index (κ2) is 11.4. The molecule has 0 aromatic rings. The molecular formula is C26H44O2. The third-order valence-corrected chi connectivity index (χ3v) is 8.18. The van der Waals surface area contributed by atoms with E-state index in [-0.39, 0.29) is 18.0 Å². The number of esters is 1. The van der Waals surface area contributed by atoms with E-state index in [1.54, 1.807) is 0 Å². The van der Waals surface area contributed by atoms with Crippen LogP contribution >= 0.6 is 0 Å². The maximum absolute atomic E-state index is 12.2. The molecule has 2 saturated carbocycles. The summed E-state index contributed by atoms with van der Waals surface area (Å²) < 4.78 is 5.87. The molecule has 3 rings (SSSR count). The smallest absolute Gasteiger partial charge is 0.309 e. The SMILES string of the molecule is C=CCCC1CCC(CCC2CCC(C3CCC(CCC)C(=O)O3)CC2)CC1. The van der Waals surface area contributed by atoms with Crippen molar-refractivity contribution in [2.75, 3.05) is 0 Å². The van der Waals surface area contributed by atoms with E-state index in [0.717, 1.165) is 43.4 Å². The summed E-state index contributed by atoms with van der Waals surface area (Å²) in [6, 6.07) is 0. The Hall–Kier alpha value is -0.790. The Bertz CT molecular complexity index is 469. The maximum atomic E-state index is 12.2. The Morgan fingerprint density at radius 2 is 1.39 bits per heavy atom. The number of carbonyl (C=O) groups excluding carboxylic acids is 1. The fourth-order valence-electron chi connectivity index (χ4n) is 6.21. The fraction of sp³-hybridized carbons (Fsp3) is 0.885. The van der Waals surface area contributed by atoms with Crippen LogP contribution in [0.25, 0.3) is 0 Å². The first kappa shape index (κ1) is 21.9. The van der Waals surface area contributed by atoms with Gasteiger partial charge in [-0.25, -0.2) is 0 Å². The van der Waals surface area contributed by atoms with Crippen LogP contribution in [-0.4, -0.2) is 12.1 Å². The van der Waals surface area contributed by atoms with E-state index < -0.39 is 0 Å². The number of hydrogen-bond donors (Lipinski definition) is 0. The summed E-state index contributed by atoms with van der Waals surface area (Å²) in [5.74, 6) is 3.82. The van der Waals surface area contributed by atoms with Crippen molar-refractivity contribution in [1.82, 2.24) is 0 Å². The minimum Gasteiger partial charge on any atom is -0.462 e. The van der Waals surface area contributed by atoms with Crippen molar-refractivity contribution in [2.24, 2.45) is 29.6 Å². The summed E-state index contributed by atoms with van der Waals surface area (Å²) in [7, 11) is 0. The molecule has 1 heterocycles. The van der Waals surface area contributed by atoms with Gasteiger partial charge in [0.2, 0.25) is 0 Å². The quantitative estimate of drug-likeness (QED) is 0.302. The average Bonchev–Trinajstić information content (AvgIpc) is 2.73. The van der Waals surface area contributed by atoms with Gasteiger partial charge in [-0.1, -0.05) is 70.8 Å². The highest BCUT2D eigenvalue weighted by atomic mass is 16.5. The molecule has 0 aromatic heterocycles. The minimum atomic E-state index is 0.101. The maximum Gasteiger partial charge on any atom is 0.309 e. The zero-order valence-electron chi connectivity index (χ0n) is 18.4. The lowest BCUT2D eigenvalue weighted by Crippen LogP contribution is -2.37. The van der Waals surface area contributed by atoms with Crippen molar-refractivity contribution in [2.45, 2.75) is 116 Å². The van der Waals surface area contributed by atoms with Gasteiger partial charge in [-0.3, -0.25) is 4.79 Å². The van der Waals surface area contributed by atoms with Crippen molar-refractivity contribution in [3.8, 4) is 0 Å². The second-order valence-corrected chi connectivity index (χ2v) is 10.1. The molecule has 0 N–H and O–H groups in total. The Morgan fingerprint density at radius 1 is 0.821 bits per heavy atom. The number of carbonyl (C=O) groups is 1. The molecule has 0 bridgehead atoms. The van der Waals surface area contributed by atoms with E-state index in [2.05, 4.69) is 19.6 Å². The Balaban J connectivity index is 1.30. The van der Waals surface area contributed by atoms with Crippen LogP contribution in [0, 0.1) is 29.6 Å². The van der Waals surface area contributed by atoms with Gasteiger partial charge >= 0.3 is 5.97 Å². The van der Waals surface area contributed by atoms with E-state index in [0.29, 0.717) is 5.92 Å². The molecule has 160 valence electrons. The van der Waals surface area contributed by atoms with Gasteiger partial charge in [0.15, 0.2) is 0 Å². The molecule has 2 aliphatic carbocycles. The Labute approximate surface area is 173 Å². The molecule has 0 aromatic carbocycles. The van der Waals surface area contributed by atoms with Crippen LogP contribution in [0.1, 0.15) is 110 Å². The highest BCUT2D eigenvalue weighted by molar-refractivity contribution is 5.73. The van der Waals surface area contributed by atoms with Crippen LogP contribution in [0.5, 0.6) is 0 Å². The second-order valence-electron chi connectivity index (χ2n) is 10.1. The normalized spacial score (nSPS) is 36.7. The van der Waals surface area contributed by atoms with E-state index in [1.807, 2.05) is 0 Å². The molecule has 28 heavy (non-hydrogen) atoms. The number of rotatable bonds is 9. The predicted molar refractivity (Wildman–Crippen MR) is 117 cm³/mol. The lowest BCUT2D eigenvalue weighted by molar-refractivity contribution is -0.165. The molecule has 3 aliphatic rings. The zero-order chi connectivity index (χ0) is 19.8. The van der Waals surface area contributed by atoms with Gasteiger partial charge in [-0.05, 0) is 68.6 Å². The molecule has 0 spiro atoms. The van der Waals surface area contributed by atoms with E-state index in [4.69, 9.17) is 4.74 Å². The number of allylic oxidation sites excluding steroid dienone is 1. The molecule has 2 nitrogen and oxygen atoms in total. The standard InChI is InChI=1S/C26H44O2/c1-3-5-7-20-8-10-21(11-9-20)12-13-22-14-16-23(17-15-22)25-19-18-24(6-4-2)26(27)28-25/h3,20-25H,1,4-19H2,2H3. The highest BCUT2D eigenvalue weighted by Crippen LogP contribution is 2.40. The number of hydrogen-bond acceptors (Lipinski definition) is 2.